The summed E-state index contributed by atoms with van der Waals surface area (Å²) in [6.07, 6.45) is 15.2. The first-order valence-corrected chi connectivity index (χ1v) is 8.44. The maximum atomic E-state index is 10.2. The highest BCUT2D eigenvalue weighted by molar-refractivity contribution is 4.68. The Balaban J connectivity index is 3.51. The Morgan fingerprint density at radius 1 is 0.611 bits per heavy atom. The van der Waals surface area contributed by atoms with Gasteiger partial charge in [-0.15, -0.1) is 0 Å². The molecule has 0 aromatic rings. The van der Waals surface area contributed by atoms with Crippen molar-refractivity contribution in [3.8, 4) is 0 Å². The van der Waals surface area contributed by atoms with E-state index >= 15 is 0 Å². The number of aliphatic hydroxyl groups is 1. The third-order valence-electron chi connectivity index (χ3n) is 3.97. The van der Waals surface area contributed by atoms with Gasteiger partial charge in [0.15, 0.2) is 0 Å². The summed E-state index contributed by atoms with van der Waals surface area (Å²) in [5, 5.41) is 10.2. The maximum Gasteiger partial charge on any atom is 0.0568 e. The lowest BCUT2D eigenvalue weighted by molar-refractivity contribution is 0.0852. The van der Waals surface area contributed by atoms with Crippen molar-refractivity contribution in [3.05, 3.63) is 0 Å². The fraction of sp³-hybridized carbons (Fsp3) is 1.00. The zero-order valence-corrected chi connectivity index (χ0v) is 13.1. The van der Waals surface area contributed by atoms with Gasteiger partial charge in [-0.05, 0) is 25.2 Å². The minimum Gasteiger partial charge on any atom is -0.393 e. The van der Waals surface area contributed by atoms with Crippen LogP contribution < -0.4 is 0 Å². The third kappa shape index (κ3) is 9.94. The molecule has 1 heteroatoms. The Bertz CT molecular complexity index is 150. The zero-order valence-electron chi connectivity index (χ0n) is 13.1. The minimum absolute atomic E-state index is 0.0412. The maximum absolute atomic E-state index is 10.2. The lowest BCUT2D eigenvalue weighted by atomic mass is 9.89. The Labute approximate surface area is 115 Å². The third-order valence-corrected chi connectivity index (χ3v) is 3.97. The molecule has 0 heterocycles. The second-order valence-electron chi connectivity index (χ2n) is 5.81. The van der Waals surface area contributed by atoms with E-state index in [1.807, 2.05) is 0 Å². The topological polar surface area (TPSA) is 20.2 Å². The summed E-state index contributed by atoms with van der Waals surface area (Å²) in [5.41, 5.74) is 0. The molecule has 0 aliphatic carbocycles. The van der Waals surface area contributed by atoms with Crippen molar-refractivity contribution < 1.29 is 5.11 Å². The van der Waals surface area contributed by atoms with E-state index in [-0.39, 0.29) is 6.10 Å². The second kappa shape index (κ2) is 13.4. The Kier molecular flexibility index (Phi) is 13.4. The molecule has 0 aliphatic heterocycles. The average Bonchev–Trinajstić information content (AvgIpc) is 2.37. The van der Waals surface area contributed by atoms with Crippen molar-refractivity contribution in [2.45, 2.75) is 104 Å². The molecule has 0 saturated carbocycles. The van der Waals surface area contributed by atoms with Gasteiger partial charge >= 0.3 is 0 Å². The van der Waals surface area contributed by atoms with E-state index in [4.69, 9.17) is 0 Å². The van der Waals surface area contributed by atoms with Crippen LogP contribution in [0.5, 0.6) is 0 Å². The van der Waals surface area contributed by atoms with Crippen molar-refractivity contribution in [3.63, 3.8) is 0 Å². The number of unbranched alkanes of at least 4 members (excludes halogenated alkanes) is 6. The van der Waals surface area contributed by atoms with Crippen LogP contribution in [0.2, 0.25) is 0 Å². The highest BCUT2D eigenvalue weighted by Crippen LogP contribution is 2.22. The van der Waals surface area contributed by atoms with Crippen LogP contribution in [0.4, 0.5) is 0 Å². The van der Waals surface area contributed by atoms with Gasteiger partial charge in [0.1, 0.15) is 0 Å². The molecular weight excluding hydrogens is 220 g/mol. The fourth-order valence-corrected chi connectivity index (χ4v) is 2.82. The highest BCUT2D eigenvalue weighted by Gasteiger charge is 2.16. The molecule has 0 amide bonds. The van der Waals surface area contributed by atoms with Crippen LogP contribution in [0.1, 0.15) is 97.8 Å². The molecule has 110 valence electrons. The Morgan fingerprint density at radius 3 is 1.61 bits per heavy atom. The number of rotatable bonds is 13. The lowest BCUT2D eigenvalue weighted by Crippen LogP contribution is -2.20. The summed E-state index contributed by atoms with van der Waals surface area (Å²) < 4.78 is 0. The summed E-state index contributed by atoms with van der Waals surface area (Å²) in [7, 11) is 0. The average molecular weight is 256 g/mol. The van der Waals surface area contributed by atoms with E-state index in [2.05, 4.69) is 20.8 Å². The molecule has 1 N–H and O–H groups in total. The van der Waals surface area contributed by atoms with Crippen LogP contribution in [0.25, 0.3) is 0 Å². The Morgan fingerprint density at radius 2 is 1.11 bits per heavy atom. The van der Waals surface area contributed by atoms with Crippen LogP contribution in [0.3, 0.4) is 0 Å². The van der Waals surface area contributed by atoms with Gasteiger partial charge in [-0.3, -0.25) is 0 Å². The van der Waals surface area contributed by atoms with Gasteiger partial charge in [-0.25, -0.2) is 0 Å². The highest BCUT2D eigenvalue weighted by atomic mass is 16.3. The van der Waals surface area contributed by atoms with E-state index in [0.29, 0.717) is 5.92 Å². The molecule has 0 spiro atoms. The first kappa shape index (κ1) is 18.0. The monoisotopic (exact) mass is 256 g/mol. The van der Waals surface area contributed by atoms with Crippen molar-refractivity contribution in [1.82, 2.24) is 0 Å². The molecule has 0 aromatic heterocycles. The molecule has 0 radical (unpaired) electrons. The molecule has 1 nitrogen and oxygen atoms in total. The molecule has 0 aliphatic rings. The molecule has 0 bridgehead atoms. The molecule has 0 saturated heterocycles. The number of aliphatic hydroxyl groups excluding tert-OH is 1. The normalized spacial score (nSPS) is 13.2. The largest absolute Gasteiger partial charge is 0.393 e. The first-order chi connectivity index (χ1) is 8.76. The van der Waals surface area contributed by atoms with Gasteiger partial charge in [-0.2, -0.15) is 0 Å². The first-order valence-electron chi connectivity index (χ1n) is 8.44. The second-order valence-corrected chi connectivity index (χ2v) is 5.81. The van der Waals surface area contributed by atoms with Crippen LogP contribution in [-0.2, 0) is 0 Å². The molecule has 0 fully saturated rings. The van der Waals surface area contributed by atoms with E-state index in [9.17, 15) is 5.11 Å². The van der Waals surface area contributed by atoms with Gasteiger partial charge in [0.25, 0.3) is 0 Å². The summed E-state index contributed by atoms with van der Waals surface area (Å²) in [6, 6.07) is 0. The SMILES string of the molecule is CCCCCCCCCC(O)C(CCC)CCC. The molecule has 0 aromatic carbocycles. The van der Waals surface area contributed by atoms with Gasteiger partial charge < -0.3 is 5.11 Å². The smallest absolute Gasteiger partial charge is 0.0568 e. The quantitative estimate of drug-likeness (QED) is 0.419. The summed E-state index contributed by atoms with van der Waals surface area (Å²) >= 11 is 0. The van der Waals surface area contributed by atoms with Crippen molar-refractivity contribution >= 4 is 0 Å². The molecule has 0 rings (SSSR count). The van der Waals surface area contributed by atoms with Crippen LogP contribution in [0.15, 0.2) is 0 Å². The fourth-order valence-electron chi connectivity index (χ4n) is 2.82. The lowest BCUT2D eigenvalue weighted by Gasteiger charge is -2.22. The summed E-state index contributed by atoms with van der Waals surface area (Å²) in [6.45, 7) is 6.71. The van der Waals surface area contributed by atoms with Gasteiger partial charge in [0.05, 0.1) is 6.10 Å². The van der Waals surface area contributed by atoms with Crippen LogP contribution in [0, 0.1) is 5.92 Å². The van der Waals surface area contributed by atoms with Gasteiger partial charge in [-0.1, -0.05) is 78.6 Å². The molecule has 1 unspecified atom stereocenters. The molecular formula is C17H36O. The number of hydrogen-bond donors (Lipinski definition) is 1. The predicted molar refractivity (Wildman–Crippen MR) is 81.9 cm³/mol. The van der Waals surface area contributed by atoms with E-state index in [0.717, 1.165) is 6.42 Å². The van der Waals surface area contributed by atoms with E-state index in [1.165, 1.54) is 70.6 Å². The van der Waals surface area contributed by atoms with Crippen molar-refractivity contribution in [2.24, 2.45) is 5.92 Å². The molecule has 18 heavy (non-hydrogen) atoms. The van der Waals surface area contributed by atoms with E-state index in [1.54, 1.807) is 0 Å². The van der Waals surface area contributed by atoms with Crippen molar-refractivity contribution in [2.75, 3.05) is 0 Å². The predicted octanol–water partition coefficient (Wildman–Crippen LogP) is 5.70. The van der Waals surface area contributed by atoms with E-state index < -0.39 is 0 Å². The number of hydrogen-bond acceptors (Lipinski definition) is 1. The zero-order chi connectivity index (χ0) is 13.6. The summed E-state index contributed by atoms with van der Waals surface area (Å²) in [5.74, 6) is 0.556. The van der Waals surface area contributed by atoms with Crippen LogP contribution >= 0.6 is 0 Å². The standard InChI is InChI=1S/C17H36O/c1-4-7-8-9-10-11-12-15-17(18)16(13-5-2)14-6-3/h16-18H,4-15H2,1-3H3. The Hall–Kier alpha value is -0.0400. The minimum atomic E-state index is -0.0412. The summed E-state index contributed by atoms with van der Waals surface area (Å²) in [4.78, 5) is 0. The van der Waals surface area contributed by atoms with Gasteiger partial charge in [0.2, 0.25) is 0 Å². The van der Waals surface area contributed by atoms with Gasteiger partial charge in [0, 0.05) is 0 Å². The van der Waals surface area contributed by atoms with Crippen molar-refractivity contribution in [1.29, 1.82) is 0 Å². The molecule has 1 atom stereocenters. The van der Waals surface area contributed by atoms with Crippen LogP contribution in [-0.4, -0.2) is 11.2 Å².